The van der Waals surface area contributed by atoms with E-state index >= 15 is 0 Å². The highest BCUT2D eigenvalue weighted by Crippen LogP contribution is 2.29. The summed E-state index contributed by atoms with van der Waals surface area (Å²) < 4.78 is 16.2. The summed E-state index contributed by atoms with van der Waals surface area (Å²) >= 11 is 0. The van der Waals surface area contributed by atoms with Crippen LogP contribution in [0.1, 0.15) is 18.1 Å². The molecular weight excluding hydrogens is 306 g/mol. The molecular formula is C19H23NO4. The number of hydrogen-bond acceptors (Lipinski definition) is 4. The van der Waals surface area contributed by atoms with Crippen molar-refractivity contribution in [1.82, 2.24) is 0 Å². The molecule has 5 heteroatoms. The van der Waals surface area contributed by atoms with Gasteiger partial charge in [0.2, 0.25) is 0 Å². The molecule has 1 N–H and O–H groups in total. The number of rotatable bonds is 6. The molecule has 0 saturated heterocycles. The van der Waals surface area contributed by atoms with Gasteiger partial charge >= 0.3 is 0 Å². The van der Waals surface area contributed by atoms with Gasteiger partial charge in [-0.25, -0.2) is 0 Å². The molecule has 1 atom stereocenters. The summed E-state index contributed by atoms with van der Waals surface area (Å²) in [5.41, 5.74) is 2.72. The molecule has 0 unspecified atom stereocenters. The number of benzene rings is 2. The summed E-state index contributed by atoms with van der Waals surface area (Å²) in [4.78, 5) is 12.4. The zero-order valence-electron chi connectivity index (χ0n) is 14.7. The third-order valence-corrected chi connectivity index (χ3v) is 3.67. The summed E-state index contributed by atoms with van der Waals surface area (Å²) in [6.45, 7) is 5.69. The van der Waals surface area contributed by atoms with E-state index < -0.39 is 6.10 Å². The first-order chi connectivity index (χ1) is 11.4. The predicted octanol–water partition coefficient (Wildman–Crippen LogP) is 3.73. The van der Waals surface area contributed by atoms with Crippen LogP contribution in [0, 0.1) is 13.8 Å². The van der Waals surface area contributed by atoms with Gasteiger partial charge in [0.15, 0.2) is 6.10 Å². The Balaban J connectivity index is 2.08. The van der Waals surface area contributed by atoms with Gasteiger partial charge in [-0.15, -0.1) is 0 Å². The Hall–Kier alpha value is -2.69. The van der Waals surface area contributed by atoms with Gasteiger partial charge in [0.05, 0.1) is 19.9 Å². The van der Waals surface area contributed by atoms with Gasteiger partial charge < -0.3 is 19.5 Å². The van der Waals surface area contributed by atoms with E-state index in [0.29, 0.717) is 22.9 Å². The first-order valence-corrected chi connectivity index (χ1v) is 7.71. The summed E-state index contributed by atoms with van der Waals surface area (Å²) in [5.74, 6) is 1.63. The molecule has 0 aliphatic carbocycles. The fraction of sp³-hybridized carbons (Fsp3) is 0.316. The number of ether oxygens (including phenoxy) is 3. The molecule has 0 saturated carbocycles. The Morgan fingerprint density at radius 3 is 2.38 bits per heavy atom. The lowest BCUT2D eigenvalue weighted by Crippen LogP contribution is -2.30. The highest BCUT2D eigenvalue weighted by atomic mass is 16.5. The number of aryl methyl sites for hydroxylation is 2. The lowest BCUT2D eigenvalue weighted by molar-refractivity contribution is -0.122. The third kappa shape index (κ3) is 4.19. The van der Waals surface area contributed by atoms with Gasteiger partial charge in [0, 0.05) is 6.07 Å². The fourth-order valence-electron chi connectivity index (χ4n) is 2.31. The van der Waals surface area contributed by atoms with Crippen molar-refractivity contribution in [1.29, 1.82) is 0 Å². The Bertz CT molecular complexity index is 727. The topological polar surface area (TPSA) is 56.8 Å². The highest BCUT2D eigenvalue weighted by Gasteiger charge is 2.18. The third-order valence-electron chi connectivity index (χ3n) is 3.67. The average molecular weight is 329 g/mol. The van der Waals surface area contributed by atoms with Crippen LogP contribution in [0.3, 0.4) is 0 Å². The minimum Gasteiger partial charge on any atom is -0.497 e. The van der Waals surface area contributed by atoms with Crippen molar-refractivity contribution in [2.24, 2.45) is 0 Å². The van der Waals surface area contributed by atoms with Crippen molar-refractivity contribution in [3.63, 3.8) is 0 Å². The van der Waals surface area contributed by atoms with Crippen LogP contribution in [-0.4, -0.2) is 26.2 Å². The molecule has 128 valence electrons. The molecule has 0 fully saturated rings. The van der Waals surface area contributed by atoms with E-state index in [9.17, 15) is 4.79 Å². The number of amides is 1. The first kappa shape index (κ1) is 17.7. The van der Waals surface area contributed by atoms with Crippen molar-refractivity contribution >= 4 is 11.6 Å². The number of methoxy groups -OCH3 is 2. The van der Waals surface area contributed by atoms with Crippen molar-refractivity contribution in [2.75, 3.05) is 19.5 Å². The van der Waals surface area contributed by atoms with E-state index in [1.165, 1.54) is 0 Å². The van der Waals surface area contributed by atoms with E-state index in [1.807, 2.05) is 32.0 Å². The smallest absolute Gasteiger partial charge is 0.265 e. The largest absolute Gasteiger partial charge is 0.497 e. The summed E-state index contributed by atoms with van der Waals surface area (Å²) in [7, 11) is 3.12. The molecule has 0 heterocycles. The second kappa shape index (κ2) is 7.73. The summed E-state index contributed by atoms with van der Waals surface area (Å²) in [6.07, 6.45) is -0.641. The molecule has 24 heavy (non-hydrogen) atoms. The second-order valence-corrected chi connectivity index (χ2v) is 5.58. The summed E-state index contributed by atoms with van der Waals surface area (Å²) in [6, 6.07) is 11.1. The molecule has 2 aromatic carbocycles. The van der Waals surface area contributed by atoms with Crippen molar-refractivity contribution < 1.29 is 19.0 Å². The Labute approximate surface area is 142 Å². The van der Waals surface area contributed by atoms with Crippen LogP contribution < -0.4 is 19.5 Å². The fourth-order valence-corrected chi connectivity index (χ4v) is 2.31. The lowest BCUT2D eigenvalue weighted by atomic mass is 10.1. The van der Waals surface area contributed by atoms with Gasteiger partial charge in [-0.3, -0.25) is 4.79 Å². The number of anilines is 1. The lowest BCUT2D eigenvalue weighted by Gasteiger charge is -2.18. The van der Waals surface area contributed by atoms with E-state index in [0.717, 1.165) is 11.1 Å². The van der Waals surface area contributed by atoms with Gasteiger partial charge in [-0.1, -0.05) is 17.7 Å². The molecule has 0 radical (unpaired) electrons. The van der Waals surface area contributed by atoms with E-state index in [2.05, 4.69) is 5.32 Å². The van der Waals surface area contributed by atoms with Crippen molar-refractivity contribution in [3.05, 3.63) is 47.5 Å². The molecule has 2 rings (SSSR count). The molecule has 0 aliphatic heterocycles. The minimum atomic E-state index is -0.641. The molecule has 0 spiro atoms. The van der Waals surface area contributed by atoms with Crippen LogP contribution in [0.4, 0.5) is 5.69 Å². The van der Waals surface area contributed by atoms with Crippen molar-refractivity contribution in [3.8, 4) is 17.2 Å². The monoisotopic (exact) mass is 329 g/mol. The SMILES string of the molecule is COc1ccc(NC(=O)[C@@H](C)Oc2ccc(C)cc2C)c(OC)c1. The Kier molecular flexibility index (Phi) is 5.68. The maximum atomic E-state index is 12.4. The van der Waals surface area contributed by atoms with Crippen LogP contribution in [0.15, 0.2) is 36.4 Å². The van der Waals surface area contributed by atoms with Gasteiger partial charge in [0.25, 0.3) is 5.91 Å². The average Bonchev–Trinajstić information content (AvgIpc) is 2.57. The maximum absolute atomic E-state index is 12.4. The molecule has 0 aromatic heterocycles. The summed E-state index contributed by atoms with van der Waals surface area (Å²) in [5, 5.41) is 2.82. The van der Waals surface area contributed by atoms with E-state index in [1.54, 1.807) is 39.3 Å². The standard InChI is InChI=1S/C19H23NO4/c1-12-6-9-17(13(2)10-12)24-14(3)19(21)20-16-8-7-15(22-4)11-18(16)23-5/h6-11,14H,1-5H3,(H,20,21)/t14-/m1/s1. The Morgan fingerprint density at radius 1 is 1.00 bits per heavy atom. The van der Waals surface area contributed by atoms with Crippen LogP contribution >= 0.6 is 0 Å². The van der Waals surface area contributed by atoms with Gasteiger partial charge in [-0.2, -0.15) is 0 Å². The van der Waals surface area contributed by atoms with Gasteiger partial charge in [-0.05, 0) is 44.5 Å². The second-order valence-electron chi connectivity index (χ2n) is 5.58. The molecule has 0 aliphatic rings. The quantitative estimate of drug-likeness (QED) is 0.877. The zero-order chi connectivity index (χ0) is 17.7. The predicted molar refractivity (Wildman–Crippen MR) is 94.2 cm³/mol. The maximum Gasteiger partial charge on any atom is 0.265 e. The van der Waals surface area contributed by atoms with Crippen LogP contribution in [0.2, 0.25) is 0 Å². The van der Waals surface area contributed by atoms with E-state index in [-0.39, 0.29) is 5.91 Å². The molecule has 2 aromatic rings. The molecule has 1 amide bonds. The van der Waals surface area contributed by atoms with Gasteiger partial charge in [0.1, 0.15) is 17.2 Å². The normalized spacial score (nSPS) is 11.5. The number of carbonyl (C=O) groups excluding carboxylic acids is 1. The highest BCUT2D eigenvalue weighted by molar-refractivity contribution is 5.95. The molecule has 0 bridgehead atoms. The Morgan fingerprint density at radius 2 is 1.75 bits per heavy atom. The van der Waals surface area contributed by atoms with Crippen LogP contribution in [-0.2, 0) is 4.79 Å². The van der Waals surface area contributed by atoms with Crippen molar-refractivity contribution in [2.45, 2.75) is 26.9 Å². The number of carbonyl (C=O) groups is 1. The van der Waals surface area contributed by atoms with Crippen LogP contribution in [0.5, 0.6) is 17.2 Å². The minimum absolute atomic E-state index is 0.251. The first-order valence-electron chi connectivity index (χ1n) is 7.71. The van der Waals surface area contributed by atoms with Crippen LogP contribution in [0.25, 0.3) is 0 Å². The number of hydrogen-bond donors (Lipinski definition) is 1. The zero-order valence-corrected chi connectivity index (χ0v) is 14.7. The van der Waals surface area contributed by atoms with E-state index in [4.69, 9.17) is 14.2 Å². The number of nitrogens with one attached hydrogen (secondary N) is 1. The molecule has 5 nitrogen and oxygen atoms in total.